The third-order valence-corrected chi connectivity index (χ3v) is 6.15. The summed E-state index contributed by atoms with van der Waals surface area (Å²) in [4.78, 5) is 23.4. The molecule has 7 nitrogen and oxygen atoms in total. The van der Waals surface area contributed by atoms with E-state index >= 15 is 0 Å². The number of carbonyl (C=O) groups is 2. The van der Waals surface area contributed by atoms with E-state index in [-0.39, 0.29) is 17.4 Å². The molecular formula is C22H22N2O5S. The highest BCUT2D eigenvalue weighted by Gasteiger charge is 2.29. The zero-order valence-corrected chi connectivity index (χ0v) is 17.5. The Balaban J connectivity index is 2.09. The van der Waals surface area contributed by atoms with E-state index in [4.69, 9.17) is 4.74 Å². The lowest BCUT2D eigenvalue weighted by Gasteiger charge is -2.25. The number of rotatable bonds is 7. The maximum atomic E-state index is 13.5. The Morgan fingerprint density at radius 3 is 2.30 bits per heavy atom. The van der Waals surface area contributed by atoms with Gasteiger partial charge in [-0.25, -0.2) is 8.42 Å². The zero-order valence-electron chi connectivity index (χ0n) is 16.7. The van der Waals surface area contributed by atoms with Crippen molar-refractivity contribution < 1.29 is 22.7 Å². The molecule has 0 spiro atoms. The van der Waals surface area contributed by atoms with Gasteiger partial charge in [0.2, 0.25) is 5.91 Å². The lowest BCUT2D eigenvalue weighted by atomic mass is 10.1. The SMILES string of the molecule is CCOC(=O)CN(c1cccc2ccccc12)S(=O)(=O)c1ccc(NC(C)=O)cc1. The normalized spacial score (nSPS) is 11.1. The van der Waals surface area contributed by atoms with E-state index in [9.17, 15) is 18.0 Å². The Labute approximate surface area is 175 Å². The molecule has 0 saturated heterocycles. The first-order valence-corrected chi connectivity index (χ1v) is 10.8. The molecule has 0 bridgehead atoms. The predicted molar refractivity (Wildman–Crippen MR) is 116 cm³/mol. The molecule has 8 heteroatoms. The van der Waals surface area contributed by atoms with Crippen LogP contribution >= 0.6 is 0 Å². The van der Waals surface area contributed by atoms with Crippen LogP contribution in [0.4, 0.5) is 11.4 Å². The van der Waals surface area contributed by atoms with E-state index in [0.717, 1.165) is 9.69 Å². The molecule has 1 amide bonds. The molecule has 0 radical (unpaired) electrons. The quantitative estimate of drug-likeness (QED) is 0.583. The van der Waals surface area contributed by atoms with Crippen LogP contribution < -0.4 is 9.62 Å². The van der Waals surface area contributed by atoms with Gasteiger partial charge in [-0.1, -0.05) is 36.4 Å². The number of anilines is 2. The molecule has 30 heavy (non-hydrogen) atoms. The standard InChI is InChI=1S/C22H22N2O5S/c1-3-29-22(26)15-24(21-10-6-8-17-7-4-5-9-20(17)21)30(27,28)19-13-11-18(12-14-19)23-16(2)25/h4-14H,3,15H2,1-2H3,(H,23,25). The molecule has 3 rings (SSSR count). The van der Waals surface area contributed by atoms with E-state index in [1.54, 1.807) is 25.1 Å². The first-order chi connectivity index (χ1) is 14.3. The van der Waals surface area contributed by atoms with Crippen molar-refractivity contribution in [2.75, 3.05) is 22.8 Å². The molecule has 156 valence electrons. The number of hydrogen-bond acceptors (Lipinski definition) is 5. The van der Waals surface area contributed by atoms with Crippen molar-refractivity contribution in [2.24, 2.45) is 0 Å². The summed E-state index contributed by atoms with van der Waals surface area (Å²) in [5, 5.41) is 4.14. The number of carbonyl (C=O) groups excluding carboxylic acids is 2. The molecule has 0 aliphatic heterocycles. The first-order valence-electron chi connectivity index (χ1n) is 9.36. The average molecular weight is 426 g/mol. The van der Waals surface area contributed by atoms with Gasteiger partial charge in [0.1, 0.15) is 6.54 Å². The third kappa shape index (κ3) is 4.60. The first kappa shape index (κ1) is 21.3. The number of esters is 1. The number of fused-ring (bicyclic) bond motifs is 1. The molecule has 0 aliphatic rings. The molecule has 1 N–H and O–H groups in total. The molecule has 3 aromatic carbocycles. The molecule has 0 aliphatic carbocycles. The number of ether oxygens (including phenoxy) is 1. The monoisotopic (exact) mass is 426 g/mol. The number of nitrogens with zero attached hydrogens (tertiary/aromatic N) is 1. The van der Waals surface area contributed by atoms with Crippen LogP contribution in [0, 0.1) is 0 Å². The van der Waals surface area contributed by atoms with E-state index < -0.39 is 22.5 Å². The molecule has 3 aromatic rings. The summed E-state index contributed by atoms with van der Waals surface area (Å²) in [6.45, 7) is 2.72. The van der Waals surface area contributed by atoms with Crippen molar-refractivity contribution in [3.05, 3.63) is 66.7 Å². The Hall–Kier alpha value is -3.39. The second-order valence-electron chi connectivity index (χ2n) is 6.52. The zero-order chi connectivity index (χ0) is 21.7. The highest BCUT2D eigenvalue weighted by Crippen LogP contribution is 2.31. The van der Waals surface area contributed by atoms with Gasteiger partial charge in [0.15, 0.2) is 0 Å². The number of benzene rings is 3. The fourth-order valence-electron chi connectivity index (χ4n) is 3.09. The molecule has 0 saturated carbocycles. The van der Waals surface area contributed by atoms with Crippen LogP contribution in [0.25, 0.3) is 10.8 Å². The van der Waals surface area contributed by atoms with Crippen molar-refractivity contribution in [3.63, 3.8) is 0 Å². The van der Waals surface area contributed by atoms with E-state index in [2.05, 4.69) is 5.32 Å². The summed E-state index contributed by atoms with van der Waals surface area (Å²) < 4.78 is 33.0. The smallest absolute Gasteiger partial charge is 0.326 e. The number of amides is 1. The maximum absolute atomic E-state index is 13.5. The van der Waals surface area contributed by atoms with Gasteiger partial charge in [-0.15, -0.1) is 0 Å². The van der Waals surface area contributed by atoms with Crippen molar-refractivity contribution in [2.45, 2.75) is 18.7 Å². The van der Waals surface area contributed by atoms with Crippen LogP contribution in [-0.4, -0.2) is 33.4 Å². The number of sulfonamides is 1. The summed E-state index contributed by atoms with van der Waals surface area (Å²) in [7, 11) is -4.08. The van der Waals surface area contributed by atoms with Crippen LogP contribution in [0.15, 0.2) is 71.6 Å². The highest BCUT2D eigenvalue weighted by molar-refractivity contribution is 7.92. The van der Waals surface area contributed by atoms with Crippen molar-refractivity contribution in [3.8, 4) is 0 Å². The third-order valence-electron chi connectivity index (χ3n) is 4.38. The van der Waals surface area contributed by atoms with Gasteiger partial charge < -0.3 is 10.1 Å². The van der Waals surface area contributed by atoms with E-state index in [1.807, 2.05) is 24.3 Å². The Morgan fingerprint density at radius 2 is 1.63 bits per heavy atom. The predicted octanol–water partition coefficient (Wildman–Crippen LogP) is 3.56. The van der Waals surface area contributed by atoms with Crippen molar-refractivity contribution in [1.82, 2.24) is 0 Å². The average Bonchev–Trinajstić information content (AvgIpc) is 2.72. The van der Waals surface area contributed by atoms with Gasteiger partial charge in [0, 0.05) is 18.0 Å². The topological polar surface area (TPSA) is 92.8 Å². The number of hydrogen-bond donors (Lipinski definition) is 1. The second-order valence-corrected chi connectivity index (χ2v) is 8.38. The summed E-state index contributed by atoms with van der Waals surface area (Å²) in [6.07, 6.45) is 0. The van der Waals surface area contributed by atoms with Gasteiger partial charge >= 0.3 is 5.97 Å². The van der Waals surface area contributed by atoms with Crippen LogP contribution in [0.5, 0.6) is 0 Å². The molecule has 0 unspecified atom stereocenters. The van der Waals surface area contributed by atoms with Gasteiger partial charge in [-0.05, 0) is 42.6 Å². The minimum atomic E-state index is -4.08. The molecule has 0 heterocycles. The molecule has 0 fully saturated rings. The minimum Gasteiger partial charge on any atom is -0.465 e. The second kappa shape index (κ2) is 8.96. The van der Waals surface area contributed by atoms with E-state index in [1.165, 1.54) is 31.2 Å². The number of nitrogens with one attached hydrogen (secondary N) is 1. The van der Waals surface area contributed by atoms with Crippen molar-refractivity contribution >= 4 is 44.0 Å². The highest BCUT2D eigenvalue weighted by atomic mass is 32.2. The van der Waals surface area contributed by atoms with Crippen molar-refractivity contribution in [1.29, 1.82) is 0 Å². The Morgan fingerprint density at radius 1 is 0.967 bits per heavy atom. The van der Waals surface area contributed by atoms with E-state index in [0.29, 0.717) is 16.8 Å². The minimum absolute atomic E-state index is 0.00571. The summed E-state index contributed by atoms with van der Waals surface area (Å²) >= 11 is 0. The van der Waals surface area contributed by atoms with Gasteiger partial charge in [0.25, 0.3) is 10.0 Å². The maximum Gasteiger partial charge on any atom is 0.326 e. The van der Waals surface area contributed by atoms with Crippen LogP contribution in [0.1, 0.15) is 13.8 Å². The largest absolute Gasteiger partial charge is 0.465 e. The van der Waals surface area contributed by atoms with Crippen LogP contribution in [-0.2, 0) is 24.3 Å². The molecular weight excluding hydrogens is 404 g/mol. The Kier molecular flexibility index (Phi) is 6.37. The molecule has 0 aromatic heterocycles. The molecule has 0 atom stereocenters. The summed E-state index contributed by atoms with van der Waals surface area (Å²) in [5.74, 6) is -0.908. The van der Waals surface area contributed by atoms with Gasteiger partial charge in [-0.3, -0.25) is 13.9 Å². The summed E-state index contributed by atoms with van der Waals surface area (Å²) in [6, 6.07) is 18.4. The lowest BCUT2D eigenvalue weighted by Crippen LogP contribution is -2.36. The lowest BCUT2D eigenvalue weighted by molar-refractivity contribution is -0.141. The fourth-order valence-corrected chi connectivity index (χ4v) is 4.52. The summed E-state index contributed by atoms with van der Waals surface area (Å²) in [5.41, 5.74) is 0.857. The van der Waals surface area contributed by atoms with Crippen LogP contribution in [0.2, 0.25) is 0 Å². The van der Waals surface area contributed by atoms with Crippen LogP contribution in [0.3, 0.4) is 0 Å². The fraction of sp³-hybridized carbons (Fsp3) is 0.182. The van der Waals surface area contributed by atoms with Gasteiger partial charge in [0.05, 0.1) is 17.2 Å². The Bertz CT molecular complexity index is 1170. The van der Waals surface area contributed by atoms with Gasteiger partial charge in [-0.2, -0.15) is 0 Å².